The van der Waals surface area contributed by atoms with Crippen LogP contribution in [-0.2, 0) is 0 Å². The summed E-state index contributed by atoms with van der Waals surface area (Å²) in [6.45, 7) is 4.17. The molecule has 0 radical (unpaired) electrons. The highest BCUT2D eigenvalue weighted by atomic mass is 15.1. The predicted molar refractivity (Wildman–Crippen MR) is 104 cm³/mol. The summed E-state index contributed by atoms with van der Waals surface area (Å²) in [5.74, 6) is 0.847. The van der Waals surface area contributed by atoms with Gasteiger partial charge in [-0.1, -0.05) is 65.7 Å². The molecular formula is C22H19N3. The highest BCUT2D eigenvalue weighted by Gasteiger charge is 2.12. The summed E-state index contributed by atoms with van der Waals surface area (Å²) in [6.07, 6.45) is 3.90. The van der Waals surface area contributed by atoms with Crippen LogP contribution in [0.2, 0.25) is 0 Å². The smallest absolute Gasteiger partial charge is 0.165 e. The Bertz CT molecular complexity index is 1040. The van der Waals surface area contributed by atoms with Crippen LogP contribution in [0, 0.1) is 13.8 Å². The lowest BCUT2D eigenvalue weighted by Gasteiger charge is -2.01. The third-order valence-electron chi connectivity index (χ3n) is 4.24. The molecule has 0 aliphatic rings. The second kappa shape index (κ2) is 6.36. The number of hydrogen-bond acceptors (Lipinski definition) is 2. The van der Waals surface area contributed by atoms with Crippen LogP contribution in [0.15, 0.2) is 77.9 Å². The summed E-state index contributed by atoms with van der Waals surface area (Å²) in [6, 6.07) is 22.7. The fourth-order valence-electron chi connectivity index (χ4n) is 2.80. The molecule has 0 aliphatic carbocycles. The van der Waals surface area contributed by atoms with Crippen molar-refractivity contribution in [3.63, 3.8) is 0 Å². The number of aliphatic imine (C=N–C) groups is 1. The Balaban J connectivity index is 1.84. The van der Waals surface area contributed by atoms with Crippen molar-refractivity contribution in [3.8, 4) is 11.3 Å². The summed E-state index contributed by atoms with van der Waals surface area (Å²) in [5.41, 5.74) is 6.42. The van der Waals surface area contributed by atoms with Crippen LogP contribution in [0.4, 0.5) is 5.82 Å². The summed E-state index contributed by atoms with van der Waals surface area (Å²) >= 11 is 0. The van der Waals surface area contributed by atoms with Crippen molar-refractivity contribution in [3.05, 3.63) is 89.6 Å². The number of imidazole rings is 1. The molecule has 0 aliphatic heterocycles. The maximum absolute atomic E-state index is 4.79. The minimum Gasteiger partial charge on any atom is -0.284 e. The van der Waals surface area contributed by atoms with Gasteiger partial charge in [-0.25, -0.2) is 9.98 Å². The molecule has 25 heavy (non-hydrogen) atoms. The summed E-state index contributed by atoms with van der Waals surface area (Å²) in [4.78, 5) is 9.56. The van der Waals surface area contributed by atoms with Crippen molar-refractivity contribution >= 4 is 17.7 Å². The average Bonchev–Trinajstić information content (AvgIpc) is 3.00. The molecule has 0 atom stereocenters. The maximum Gasteiger partial charge on any atom is 0.165 e. The molecule has 2 aromatic carbocycles. The van der Waals surface area contributed by atoms with Gasteiger partial charge in [-0.3, -0.25) is 4.40 Å². The van der Waals surface area contributed by atoms with E-state index >= 15 is 0 Å². The molecule has 0 fully saturated rings. The van der Waals surface area contributed by atoms with Gasteiger partial charge in [-0.2, -0.15) is 0 Å². The quantitative estimate of drug-likeness (QED) is 0.466. The van der Waals surface area contributed by atoms with E-state index in [9.17, 15) is 0 Å². The number of fused-ring (bicyclic) bond motifs is 1. The van der Waals surface area contributed by atoms with Crippen LogP contribution in [0.1, 0.15) is 16.7 Å². The normalized spacial score (nSPS) is 11.4. The summed E-state index contributed by atoms with van der Waals surface area (Å²) in [7, 11) is 0. The van der Waals surface area contributed by atoms with Gasteiger partial charge in [0.05, 0.1) is 0 Å². The van der Waals surface area contributed by atoms with Crippen molar-refractivity contribution < 1.29 is 0 Å². The standard InChI is InChI=1S/C22H19N3/c1-16-6-10-18(11-7-16)15-23-22-21(19-12-8-17(2)9-13-19)24-20-5-3-4-14-25(20)22/h3-15H,1-2H3/b23-15+. The zero-order valence-corrected chi connectivity index (χ0v) is 14.3. The lowest BCUT2D eigenvalue weighted by atomic mass is 10.1. The van der Waals surface area contributed by atoms with Gasteiger partial charge >= 0.3 is 0 Å². The monoisotopic (exact) mass is 325 g/mol. The number of pyridine rings is 1. The van der Waals surface area contributed by atoms with E-state index in [-0.39, 0.29) is 0 Å². The van der Waals surface area contributed by atoms with Crippen molar-refractivity contribution in [2.75, 3.05) is 0 Å². The lowest BCUT2D eigenvalue weighted by Crippen LogP contribution is -1.85. The van der Waals surface area contributed by atoms with E-state index in [1.165, 1.54) is 11.1 Å². The molecular weight excluding hydrogens is 306 g/mol. The molecule has 0 saturated carbocycles. The van der Waals surface area contributed by atoms with Gasteiger partial charge in [0.25, 0.3) is 0 Å². The molecule has 0 saturated heterocycles. The van der Waals surface area contributed by atoms with Gasteiger partial charge in [0.2, 0.25) is 0 Å². The predicted octanol–water partition coefficient (Wildman–Crippen LogP) is 5.37. The highest BCUT2D eigenvalue weighted by molar-refractivity contribution is 5.85. The van der Waals surface area contributed by atoms with E-state index in [1.807, 2.05) is 35.0 Å². The zero-order valence-electron chi connectivity index (χ0n) is 14.3. The van der Waals surface area contributed by atoms with E-state index in [2.05, 4.69) is 62.4 Å². The molecule has 0 bridgehead atoms. The fourth-order valence-corrected chi connectivity index (χ4v) is 2.80. The largest absolute Gasteiger partial charge is 0.284 e. The Labute approximate surface area is 147 Å². The summed E-state index contributed by atoms with van der Waals surface area (Å²) in [5, 5.41) is 0. The molecule has 122 valence electrons. The van der Waals surface area contributed by atoms with E-state index < -0.39 is 0 Å². The van der Waals surface area contributed by atoms with E-state index in [0.717, 1.165) is 28.3 Å². The van der Waals surface area contributed by atoms with E-state index in [4.69, 9.17) is 9.98 Å². The van der Waals surface area contributed by atoms with Gasteiger partial charge in [0.1, 0.15) is 11.3 Å². The second-order valence-corrected chi connectivity index (χ2v) is 6.25. The van der Waals surface area contributed by atoms with Crippen molar-refractivity contribution in [1.82, 2.24) is 9.38 Å². The molecule has 3 nitrogen and oxygen atoms in total. The van der Waals surface area contributed by atoms with Crippen molar-refractivity contribution in [2.24, 2.45) is 4.99 Å². The van der Waals surface area contributed by atoms with Crippen LogP contribution < -0.4 is 0 Å². The van der Waals surface area contributed by atoms with Crippen LogP contribution >= 0.6 is 0 Å². The van der Waals surface area contributed by atoms with E-state index in [1.54, 1.807) is 0 Å². The molecule has 3 heteroatoms. The number of benzene rings is 2. The number of aryl methyl sites for hydroxylation is 2. The van der Waals surface area contributed by atoms with Crippen LogP contribution in [0.25, 0.3) is 16.9 Å². The van der Waals surface area contributed by atoms with Gasteiger partial charge in [0.15, 0.2) is 5.82 Å². The number of hydrogen-bond donors (Lipinski definition) is 0. The number of aromatic nitrogens is 2. The van der Waals surface area contributed by atoms with Gasteiger partial charge in [-0.15, -0.1) is 0 Å². The molecule has 0 unspecified atom stereocenters. The van der Waals surface area contributed by atoms with Crippen LogP contribution in [-0.4, -0.2) is 15.6 Å². The number of nitrogens with zero attached hydrogens (tertiary/aromatic N) is 3. The third kappa shape index (κ3) is 3.09. The topological polar surface area (TPSA) is 29.7 Å². The Morgan fingerprint density at radius 3 is 2.24 bits per heavy atom. The Morgan fingerprint density at radius 2 is 1.52 bits per heavy atom. The SMILES string of the molecule is Cc1ccc(/C=N/c2c(-c3ccc(C)cc3)nc3ccccn23)cc1. The molecule has 4 aromatic rings. The average molecular weight is 325 g/mol. The van der Waals surface area contributed by atoms with Crippen molar-refractivity contribution in [2.45, 2.75) is 13.8 Å². The first-order valence-electron chi connectivity index (χ1n) is 8.35. The van der Waals surface area contributed by atoms with Crippen molar-refractivity contribution in [1.29, 1.82) is 0 Å². The van der Waals surface area contributed by atoms with Crippen LogP contribution in [0.3, 0.4) is 0 Å². The number of rotatable bonds is 3. The molecule has 0 N–H and O–H groups in total. The zero-order chi connectivity index (χ0) is 17.2. The second-order valence-electron chi connectivity index (χ2n) is 6.25. The van der Waals surface area contributed by atoms with Gasteiger partial charge in [0, 0.05) is 18.0 Å². The van der Waals surface area contributed by atoms with E-state index in [0.29, 0.717) is 0 Å². The van der Waals surface area contributed by atoms with Gasteiger partial charge in [-0.05, 0) is 31.5 Å². The first-order chi connectivity index (χ1) is 12.2. The minimum absolute atomic E-state index is 0.847. The highest BCUT2D eigenvalue weighted by Crippen LogP contribution is 2.31. The Hall–Kier alpha value is -3.20. The molecule has 2 heterocycles. The summed E-state index contributed by atoms with van der Waals surface area (Å²) < 4.78 is 2.03. The molecule has 0 spiro atoms. The van der Waals surface area contributed by atoms with Crippen LogP contribution in [0.5, 0.6) is 0 Å². The minimum atomic E-state index is 0.847. The third-order valence-corrected chi connectivity index (χ3v) is 4.24. The molecule has 4 rings (SSSR count). The fraction of sp³-hybridized carbons (Fsp3) is 0.0909. The Morgan fingerprint density at radius 1 is 0.840 bits per heavy atom. The lowest BCUT2D eigenvalue weighted by molar-refractivity contribution is 1.17. The first-order valence-corrected chi connectivity index (χ1v) is 8.35. The maximum atomic E-state index is 4.79. The molecule has 2 aromatic heterocycles. The van der Waals surface area contributed by atoms with Gasteiger partial charge < -0.3 is 0 Å². The first kappa shape index (κ1) is 15.3. The molecule has 0 amide bonds. The Kier molecular flexibility index (Phi) is 3.90.